The van der Waals surface area contributed by atoms with Crippen molar-refractivity contribution in [2.45, 2.75) is 44.7 Å². The molecule has 0 fully saturated rings. The Morgan fingerprint density at radius 2 is 1.29 bits per heavy atom. The van der Waals surface area contributed by atoms with Crippen LogP contribution in [0.15, 0.2) is 212 Å². The number of allylic oxidation sites excluding steroid dienone is 6. The van der Waals surface area contributed by atoms with Gasteiger partial charge in [-0.3, -0.25) is 0 Å². The summed E-state index contributed by atoms with van der Waals surface area (Å²) in [5.41, 5.74) is 14.3. The molecule has 68 heavy (non-hydrogen) atoms. The molecule has 2 unspecified atom stereocenters. The van der Waals surface area contributed by atoms with Crippen molar-refractivity contribution in [2.75, 3.05) is 9.80 Å². The Kier molecular flexibility index (Phi) is 10.5. The molecular formula is C62H48F2N4. The molecule has 0 N–H and O–H groups in total. The smallest absolute Gasteiger partial charge is 0.123 e. The zero-order valence-electron chi connectivity index (χ0n) is 37.7. The van der Waals surface area contributed by atoms with E-state index in [4.69, 9.17) is 0 Å². The average Bonchev–Trinajstić information content (AvgIpc) is 3.89. The molecule has 2 aromatic heterocycles. The van der Waals surface area contributed by atoms with E-state index in [9.17, 15) is 8.78 Å². The second-order valence-electron chi connectivity index (χ2n) is 18.2. The number of rotatable bonds is 10. The number of para-hydroxylation sites is 3. The minimum Gasteiger partial charge on any atom is -0.351 e. The molecule has 0 spiro atoms. The fourth-order valence-corrected chi connectivity index (χ4v) is 10.7. The highest BCUT2D eigenvalue weighted by Crippen LogP contribution is 2.42. The van der Waals surface area contributed by atoms with E-state index in [1.807, 2.05) is 25.1 Å². The summed E-state index contributed by atoms with van der Waals surface area (Å²) in [6, 6.07) is 59.0. The molecular weight excluding hydrogens is 839 g/mol. The number of fused-ring (bicyclic) bond motifs is 6. The van der Waals surface area contributed by atoms with Gasteiger partial charge in [0.25, 0.3) is 0 Å². The van der Waals surface area contributed by atoms with Crippen LogP contribution in [-0.4, -0.2) is 21.2 Å². The number of hydrogen-bond acceptors (Lipinski definition) is 2. The van der Waals surface area contributed by atoms with Crippen molar-refractivity contribution >= 4 is 61.2 Å². The third-order valence-corrected chi connectivity index (χ3v) is 13.9. The maximum absolute atomic E-state index is 14.5. The third-order valence-electron chi connectivity index (χ3n) is 13.9. The normalized spacial score (nSPS) is 17.4. The largest absolute Gasteiger partial charge is 0.351 e. The number of hydrogen-bond donors (Lipinski definition) is 0. The van der Waals surface area contributed by atoms with E-state index in [1.54, 1.807) is 6.08 Å². The molecule has 7 aromatic carbocycles. The first-order chi connectivity index (χ1) is 33.4. The van der Waals surface area contributed by atoms with Gasteiger partial charge in [0.05, 0.1) is 28.6 Å². The molecule has 6 heteroatoms. The second kappa shape index (κ2) is 17.3. The van der Waals surface area contributed by atoms with Crippen LogP contribution in [-0.2, 0) is 12.8 Å². The molecule has 0 bridgehead atoms. The zero-order chi connectivity index (χ0) is 45.7. The van der Waals surface area contributed by atoms with E-state index in [0.29, 0.717) is 6.42 Å². The first kappa shape index (κ1) is 41.3. The SMILES string of the molecule is CC1CC(n2c3ccccc3c3cc(N(c4ccccc4)c4ccc(Cc5cccc(N(C6C=CC=CC6)[C@@H]6C#Cc7c(c8ccccc8n7-c7ccc(F)cc7)C6)c5)cc4)ccc32)=CC=C1F. The fourth-order valence-electron chi connectivity index (χ4n) is 10.7. The summed E-state index contributed by atoms with van der Waals surface area (Å²) >= 11 is 0. The molecule has 3 atom stereocenters. The van der Waals surface area contributed by atoms with Crippen LogP contribution in [0.2, 0.25) is 0 Å². The number of aromatic nitrogens is 2. The molecule has 330 valence electrons. The van der Waals surface area contributed by atoms with Gasteiger partial charge in [-0.05, 0) is 145 Å². The van der Waals surface area contributed by atoms with E-state index in [-0.39, 0.29) is 29.6 Å². The monoisotopic (exact) mass is 886 g/mol. The molecule has 3 aliphatic carbocycles. The van der Waals surface area contributed by atoms with Crippen LogP contribution in [0.5, 0.6) is 0 Å². The van der Waals surface area contributed by atoms with E-state index < -0.39 is 0 Å². The van der Waals surface area contributed by atoms with Crippen molar-refractivity contribution in [3.8, 4) is 17.5 Å². The van der Waals surface area contributed by atoms with Crippen LogP contribution < -0.4 is 9.80 Å². The Hall–Kier alpha value is -8.14. The second-order valence-corrected chi connectivity index (χ2v) is 18.2. The summed E-state index contributed by atoms with van der Waals surface area (Å²) in [6.07, 6.45) is 15.5. The lowest BCUT2D eigenvalue weighted by molar-refractivity contribution is 0.491. The van der Waals surface area contributed by atoms with Gasteiger partial charge in [-0.15, -0.1) is 0 Å². The molecule has 0 aliphatic heterocycles. The van der Waals surface area contributed by atoms with Gasteiger partial charge in [0.2, 0.25) is 0 Å². The molecule has 2 heterocycles. The van der Waals surface area contributed by atoms with Crippen molar-refractivity contribution in [3.63, 3.8) is 0 Å². The van der Waals surface area contributed by atoms with Gasteiger partial charge in [-0.25, -0.2) is 8.78 Å². The number of halogens is 2. The number of anilines is 4. The summed E-state index contributed by atoms with van der Waals surface area (Å²) in [6.45, 7) is 1.95. The highest BCUT2D eigenvalue weighted by molar-refractivity contribution is 6.11. The molecule has 0 radical (unpaired) electrons. The van der Waals surface area contributed by atoms with Gasteiger partial charge in [-0.1, -0.05) is 116 Å². The van der Waals surface area contributed by atoms with E-state index in [1.165, 1.54) is 39.6 Å². The van der Waals surface area contributed by atoms with Crippen LogP contribution in [0.25, 0.3) is 44.1 Å². The Morgan fingerprint density at radius 1 is 0.588 bits per heavy atom. The average molecular weight is 887 g/mol. The lowest BCUT2D eigenvalue weighted by atomic mass is 9.94. The molecule has 4 nitrogen and oxygen atoms in total. The van der Waals surface area contributed by atoms with E-state index >= 15 is 0 Å². The standard InChI is InChI=1S/C62H48F2N4/c1-42-37-51(31-34-58(42)64)68-60-22-11-9-20-55(60)57-40-52(32-36-62(57)68)65(46-14-4-2-5-15-46)48-27-23-43(24-28-48)38-44-13-12-18-50(39-44)66(47-16-6-3-7-17-47)53-33-35-61-56(41-53)54-19-8-10-21-59(54)67(61)49-29-25-45(63)26-30-49/h2-16,18-32,34,36,39-40,42,47,53H,17,37-38,41H2,1H3/t42?,47?,53-/m1/s1. The molecule has 3 aliphatic rings. The van der Waals surface area contributed by atoms with Crippen molar-refractivity contribution in [1.82, 2.24) is 9.13 Å². The first-order valence-electron chi connectivity index (χ1n) is 23.6. The maximum Gasteiger partial charge on any atom is 0.123 e. The summed E-state index contributed by atoms with van der Waals surface area (Å²) in [7, 11) is 0. The summed E-state index contributed by atoms with van der Waals surface area (Å²) in [4.78, 5) is 4.84. The minimum atomic E-state index is -0.253. The van der Waals surface area contributed by atoms with Gasteiger partial charge >= 0.3 is 0 Å². The van der Waals surface area contributed by atoms with Gasteiger partial charge < -0.3 is 18.9 Å². The van der Waals surface area contributed by atoms with Crippen LogP contribution in [0.4, 0.5) is 31.5 Å². The van der Waals surface area contributed by atoms with Crippen molar-refractivity contribution in [3.05, 3.63) is 240 Å². The highest BCUT2D eigenvalue weighted by Gasteiger charge is 2.30. The van der Waals surface area contributed by atoms with Gasteiger partial charge in [0.15, 0.2) is 0 Å². The van der Waals surface area contributed by atoms with Crippen LogP contribution in [0.3, 0.4) is 0 Å². The maximum atomic E-state index is 14.5. The topological polar surface area (TPSA) is 16.3 Å². The van der Waals surface area contributed by atoms with Gasteiger partial charge in [0.1, 0.15) is 17.3 Å². The van der Waals surface area contributed by atoms with Crippen LogP contribution >= 0.6 is 0 Å². The van der Waals surface area contributed by atoms with Crippen molar-refractivity contribution in [1.29, 1.82) is 0 Å². The predicted octanol–water partition coefficient (Wildman–Crippen LogP) is 15.3. The van der Waals surface area contributed by atoms with Gasteiger partial charge in [-0.2, -0.15) is 0 Å². The van der Waals surface area contributed by atoms with Crippen LogP contribution in [0.1, 0.15) is 42.1 Å². The molecule has 9 aromatic rings. The Morgan fingerprint density at radius 3 is 2.07 bits per heavy atom. The van der Waals surface area contributed by atoms with Gasteiger partial charge in [0, 0.05) is 62.6 Å². The van der Waals surface area contributed by atoms with Crippen LogP contribution in [0, 0.1) is 23.6 Å². The van der Waals surface area contributed by atoms with E-state index in [0.717, 1.165) is 81.0 Å². The lowest BCUT2D eigenvalue weighted by Gasteiger charge is -2.38. The summed E-state index contributed by atoms with van der Waals surface area (Å²) < 4.78 is 33.0. The summed E-state index contributed by atoms with van der Waals surface area (Å²) in [5, 5.41) is 3.51. The molecule has 0 saturated heterocycles. The number of benzene rings is 7. The molecule has 12 rings (SSSR count). The first-order valence-corrected chi connectivity index (χ1v) is 23.6. The zero-order valence-corrected chi connectivity index (χ0v) is 37.7. The third kappa shape index (κ3) is 7.41. The highest BCUT2D eigenvalue weighted by atomic mass is 19.1. The number of nitrogens with zero attached hydrogens (tertiary/aromatic N) is 4. The minimum absolute atomic E-state index is 0.0554. The Balaban J connectivity index is 0.860. The Labute approximate surface area is 395 Å². The quantitative estimate of drug-likeness (QED) is 0.127. The fraction of sp³-hybridized carbons (Fsp3) is 0.129. The molecule has 0 amide bonds. The predicted molar refractivity (Wildman–Crippen MR) is 277 cm³/mol. The summed E-state index contributed by atoms with van der Waals surface area (Å²) in [5.74, 6) is 6.84. The van der Waals surface area contributed by atoms with Crippen molar-refractivity contribution in [2.24, 2.45) is 5.92 Å². The Bertz CT molecular complexity index is 3580. The lowest BCUT2D eigenvalue weighted by Crippen LogP contribution is -2.44. The van der Waals surface area contributed by atoms with E-state index in [2.05, 4.69) is 201 Å². The molecule has 0 saturated carbocycles. The van der Waals surface area contributed by atoms with Crippen molar-refractivity contribution < 1.29 is 8.78 Å².